The number of aromatic nitrogens is 1. The molecule has 3 unspecified atom stereocenters. The molecule has 0 aliphatic rings. The van der Waals surface area contributed by atoms with Gasteiger partial charge in [-0.25, -0.2) is 4.39 Å². The standard InChI is InChI=1S/C18H21FO2.C15H24N2O2.C9H20O/c1-12(2)10-15(11-16(19)8-9-17(20)21)18-13(3)6-5-7-14(18)4;1-5-6-12-9-17(14(18)8-11(12)4)13(15(16)19)7-10(2)3;1-5-8(3)7-9(6-2)10-4/h5-7,10-11H,1,8-9H2,2-4H3,(H,20,21);8-10,13H,5-7H2,1-4H3,(H2,16,19);8-9H,5-7H2,1-4H3/b15-10+,16-11-;;. The molecule has 7 nitrogen and oxygen atoms in total. The molecule has 0 spiro atoms. The van der Waals surface area contributed by atoms with E-state index in [1.807, 2.05) is 65.8 Å². The van der Waals surface area contributed by atoms with E-state index in [0.29, 0.717) is 18.4 Å². The van der Waals surface area contributed by atoms with Gasteiger partial charge >= 0.3 is 5.97 Å². The summed E-state index contributed by atoms with van der Waals surface area (Å²) >= 11 is 0. The van der Waals surface area contributed by atoms with Crippen molar-refractivity contribution in [2.24, 2.45) is 17.6 Å². The molecular formula is C42H65FN2O5. The number of rotatable bonds is 17. The third-order valence-electron chi connectivity index (χ3n) is 8.49. The van der Waals surface area contributed by atoms with E-state index in [0.717, 1.165) is 64.1 Å². The number of amides is 1. The lowest BCUT2D eigenvalue weighted by Gasteiger charge is -2.20. The summed E-state index contributed by atoms with van der Waals surface area (Å²) < 4.78 is 20.7. The maximum atomic E-state index is 13.9. The van der Waals surface area contributed by atoms with Crippen molar-refractivity contribution >= 4 is 17.4 Å². The van der Waals surface area contributed by atoms with E-state index < -0.39 is 23.7 Å². The molecule has 3 N–H and O–H groups in total. The molecule has 280 valence electrons. The van der Waals surface area contributed by atoms with Crippen molar-refractivity contribution in [1.82, 2.24) is 4.57 Å². The fraction of sp³-hybridized carbons (Fsp3) is 0.548. The number of aryl methyl sites for hydroxylation is 4. The van der Waals surface area contributed by atoms with Crippen molar-refractivity contribution < 1.29 is 23.8 Å². The van der Waals surface area contributed by atoms with Crippen LogP contribution in [-0.4, -0.2) is 34.8 Å². The van der Waals surface area contributed by atoms with Gasteiger partial charge in [-0.15, -0.1) is 0 Å². The van der Waals surface area contributed by atoms with Crippen LogP contribution in [0.25, 0.3) is 5.57 Å². The van der Waals surface area contributed by atoms with Gasteiger partial charge in [-0.3, -0.25) is 14.4 Å². The summed E-state index contributed by atoms with van der Waals surface area (Å²) in [5, 5.41) is 8.62. The monoisotopic (exact) mass is 696 g/mol. The summed E-state index contributed by atoms with van der Waals surface area (Å²) in [6, 6.07) is 6.94. The van der Waals surface area contributed by atoms with Crippen LogP contribution >= 0.6 is 0 Å². The molecule has 0 aliphatic heterocycles. The number of nitrogens with zero attached hydrogens (tertiary/aromatic N) is 1. The molecule has 0 saturated carbocycles. The summed E-state index contributed by atoms with van der Waals surface area (Å²) in [6.07, 6.45) is 11.3. The molecule has 1 amide bonds. The van der Waals surface area contributed by atoms with E-state index in [2.05, 4.69) is 34.3 Å². The Morgan fingerprint density at radius 2 is 1.60 bits per heavy atom. The van der Waals surface area contributed by atoms with E-state index in [-0.39, 0.29) is 18.4 Å². The van der Waals surface area contributed by atoms with Crippen molar-refractivity contribution in [3.8, 4) is 0 Å². The van der Waals surface area contributed by atoms with Crippen molar-refractivity contribution in [2.75, 3.05) is 7.11 Å². The van der Waals surface area contributed by atoms with Crippen LogP contribution < -0.4 is 11.3 Å². The first-order chi connectivity index (χ1) is 23.4. The number of allylic oxidation sites excluding steroid dienone is 5. The van der Waals surface area contributed by atoms with Gasteiger partial charge < -0.3 is 20.1 Å². The van der Waals surface area contributed by atoms with Crippen LogP contribution in [0.1, 0.15) is 127 Å². The van der Waals surface area contributed by atoms with Gasteiger partial charge in [0.25, 0.3) is 5.56 Å². The van der Waals surface area contributed by atoms with Gasteiger partial charge in [-0.2, -0.15) is 0 Å². The van der Waals surface area contributed by atoms with Gasteiger partial charge in [0.2, 0.25) is 5.91 Å². The lowest BCUT2D eigenvalue weighted by atomic mass is 9.93. The number of hydrogen-bond donors (Lipinski definition) is 2. The van der Waals surface area contributed by atoms with Gasteiger partial charge in [0, 0.05) is 25.8 Å². The molecule has 8 heteroatoms. The Morgan fingerprint density at radius 1 is 1.00 bits per heavy atom. The second-order valence-electron chi connectivity index (χ2n) is 13.7. The molecule has 1 aromatic carbocycles. The number of carbonyl (C=O) groups excluding carboxylic acids is 1. The first-order valence-corrected chi connectivity index (χ1v) is 18.0. The summed E-state index contributed by atoms with van der Waals surface area (Å²) in [5.74, 6) is -0.768. The Hall–Kier alpha value is -3.78. The molecule has 0 bridgehead atoms. The highest BCUT2D eigenvalue weighted by Crippen LogP contribution is 2.27. The molecule has 50 heavy (non-hydrogen) atoms. The van der Waals surface area contributed by atoms with Crippen molar-refractivity contribution in [2.45, 2.75) is 133 Å². The number of carboxylic acid groups (broad SMARTS) is 1. The summed E-state index contributed by atoms with van der Waals surface area (Å²) in [5.41, 5.74) is 12.0. The fourth-order valence-corrected chi connectivity index (χ4v) is 5.51. The van der Waals surface area contributed by atoms with Crippen LogP contribution in [0.15, 0.2) is 65.4 Å². The Morgan fingerprint density at radius 3 is 2.04 bits per heavy atom. The first-order valence-electron chi connectivity index (χ1n) is 18.0. The highest BCUT2D eigenvalue weighted by atomic mass is 19.1. The quantitative estimate of drug-likeness (QED) is 0.160. The summed E-state index contributed by atoms with van der Waals surface area (Å²) in [7, 11) is 1.80. The number of benzene rings is 1. The van der Waals surface area contributed by atoms with Crippen molar-refractivity contribution in [3.05, 3.63) is 98.8 Å². The molecule has 0 aliphatic carbocycles. The zero-order valence-corrected chi connectivity index (χ0v) is 32.7. The number of carboxylic acids is 1. The fourth-order valence-electron chi connectivity index (χ4n) is 5.51. The minimum absolute atomic E-state index is 0.103. The highest BCUT2D eigenvalue weighted by molar-refractivity contribution is 5.80. The molecule has 3 atom stereocenters. The lowest BCUT2D eigenvalue weighted by Crippen LogP contribution is -2.34. The molecule has 0 fully saturated rings. The predicted octanol–water partition coefficient (Wildman–Crippen LogP) is 10.0. The minimum Gasteiger partial charge on any atom is -0.481 e. The van der Waals surface area contributed by atoms with Crippen molar-refractivity contribution in [1.29, 1.82) is 0 Å². The molecule has 1 heterocycles. The van der Waals surface area contributed by atoms with Crippen LogP contribution in [-0.2, 0) is 20.7 Å². The van der Waals surface area contributed by atoms with Crippen LogP contribution in [0.2, 0.25) is 0 Å². The summed E-state index contributed by atoms with van der Waals surface area (Å²) in [6.45, 7) is 24.4. The molecule has 2 aromatic rings. The van der Waals surface area contributed by atoms with Gasteiger partial charge in [0.15, 0.2) is 0 Å². The topological polar surface area (TPSA) is 112 Å². The number of ether oxygens (including phenoxy) is 1. The van der Waals surface area contributed by atoms with Gasteiger partial charge in [-0.05, 0) is 105 Å². The molecule has 1 aromatic heterocycles. The Kier molecular flexibility index (Phi) is 22.5. The van der Waals surface area contributed by atoms with Crippen LogP contribution in [0.3, 0.4) is 0 Å². The van der Waals surface area contributed by atoms with Gasteiger partial charge in [-0.1, -0.05) is 90.8 Å². The third kappa shape index (κ3) is 17.7. The second-order valence-corrected chi connectivity index (χ2v) is 13.7. The summed E-state index contributed by atoms with van der Waals surface area (Å²) in [4.78, 5) is 34.2. The maximum Gasteiger partial charge on any atom is 0.303 e. The largest absolute Gasteiger partial charge is 0.481 e. The van der Waals surface area contributed by atoms with Crippen LogP contribution in [0.5, 0.6) is 0 Å². The molecule has 2 rings (SSSR count). The zero-order chi connectivity index (χ0) is 38.6. The van der Waals surface area contributed by atoms with Crippen LogP contribution in [0, 0.1) is 32.6 Å². The van der Waals surface area contributed by atoms with E-state index in [1.165, 1.54) is 23.5 Å². The molecule has 0 radical (unpaired) electrons. The molecule has 0 saturated heterocycles. The zero-order valence-electron chi connectivity index (χ0n) is 32.7. The van der Waals surface area contributed by atoms with Crippen molar-refractivity contribution in [3.63, 3.8) is 0 Å². The Bertz CT molecular complexity index is 1460. The Labute approximate surface area is 301 Å². The average Bonchev–Trinajstić information content (AvgIpc) is 3.03. The van der Waals surface area contributed by atoms with E-state index in [4.69, 9.17) is 15.6 Å². The maximum absolute atomic E-state index is 13.9. The number of hydrogen-bond acceptors (Lipinski definition) is 4. The highest BCUT2D eigenvalue weighted by Gasteiger charge is 2.21. The van der Waals surface area contributed by atoms with E-state index >= 15 is 0 Å². The number of carbonyl (C=O) groups is 2. The average molecular weight is 697 g/mol. The minimum atomic E-state index is -1.00. The molecular weight excluding hydrogens is 631 g/mol. The van der Waals surface area contributed by atoms with E-state index in [9.17, 15) is 18.8 Å². The van der Waals surface area contributed by atoms with Gasteiger partial charge in [0.1, 0.15) is 11.9 Å². The smallest absolute Gasteiger partial charge is 0.303 e. The lowest BCUT2D eigenvalue weighted by molar-refractivity contribution is -0.137. The van der Waals surface area contributed by atoms with Gasteiger partial charge in [0.05, 0.1) is 12.5 Å². The second kappa shape index (κ2) is 24.4. The third-order valence-corrected chi connectivity index (χ3v) is 8.49. The number of primary amides is 1. The number of nitrogens with two attached hydrogens (primary N) is 1. The SMILES string of the molecule is C=C(C)/C=C(\C=C(/F)CCC(=O)O)c1c(C)cccc1C.CCC(C)CC(CC)OC.CCCc1cn(C(CC(C)C)C(N)=O)c(=O)cc1C. The normalized spacial score (nSPS) is 13.4. The number of methoxy groups -OCH3 is 1. The van der Waals surface area contributed by atoms with Crippen LogP contribution in [0.4, 0.5) is 4.39 Å². The number of halogens is 1. The van der Waals surface area contributed by atoms with E-state index in [1.54, 1.807) is 19.4 Å². The first kappa shape index (κ1) is 46.2. The Balaban J connectivity index is 0.000000765. The number of pyridine rings is 1. The number of aliphatic carboxylic acids is 1. The predicted molar refractivity (Wildman–Crippen MR) is 207 cm³/mol.